The van der Waals surface area contributed by atoms with Crippen LogP contribution in [0.15, 0.2) is 16.9 Å². The number of aryl methyl sites for hydroxylation is 2. The Labute approximate surface area is 186 Å². The number of benzene rings is 1. The Morgan fingerprint density at radius 1 is 1.19 bits per heavy atom. The van der Waals surface area contributed by atoms with Crippen molar-refractivity contribution >= 4 is 17.2 Å². The summed E-state index contributed by atoms with van der Waals surface area (Å²) in [5.41, 5.74) is 7.34. The fourth-order valence-electron chi connectivity index (χ4n) is 5.62. The van der Waals surface area contributed by atoms with Crippen LogP contribution in [0.25, 0.3) is 22.3 Å². The quantitative estimate of drug-likeness (QED) is 0.421. The van der Waals surface area contributed by atoms with Gasteiger partial charge in [0.1, 0.15) is 12.1 Å². The summed E-state index contributed by atoms with van der Waals surface area (Å²) in [6.07, 6.45) is 4.87. The molecule has 32 heavy (non-hydrogen) atoms. The van der Waals surface area contributed by atoms with Gasteiger partial charge in [0.05, 0.1) is 30.1 Å². The highest BCUT2D eigenvalue weighted by Gasteiger charge is 2.31. The van der Waals surface area contributed by atoms with Crippen LogP contribution >= 0.6 is 0 Å². The molecule has 6 heteroatoms. The van der Waals surface area contributed by atoms with Gasteiger partial charge in [-0.05, 0) is 60.4 Å². The molecule has 3 heterocycles. The Balaban J connectivity index is 1.82. The van der Waals surface area contributed by atoms with Crippen molar-refractivity contribution in [3.05, 3.63) is 61.7 Å². The number of nitrogens with zero attached hydrogens (tertiary/aromatic N) is 2. The van der Waals surface area contributed by atoms with Gasteiger partial charge >= 0.3 is 0 Å². The van der Waals surface area contributed by atoms with E-state index in [-0.39, 0.29) is 23.9 Å². The van der Waals surface area contributed by atoms with Crippen LogP contribution in [-0.2, 0) is 41.9 Å². The summed E-state index contributed by atoms with van der Waals surface area (Å²) in [7, 11) is 1.55. The molecule has 0 spiro atoms. The molecule has 0 bridgehead atoms. The molecule has 3 aromatic rings. The highest BCUT2D eigenvalue weighted by atomic mass is 19.1. The molecule has 0 amide bonds. The SMILES string of the molecule is CCc1c(F)cc2nc3c(c4c2c1CCC4)Cn1c-3cc(C(C=O)CC)c(COC)c1=O. The average molecular weight is 435 g/mol. The van der Waals surface area contributed by atoms with Crippen molar-refractivity contribution < 1.29 is 13.9 Å². The van der Waals surface area contributed by atoms with Crippen molar-refractivity contribution in [3.8, 4) is 11.4 Å². The van der Waals surface area contributed by atoms with Crippen molar-refractivity contribution in [1.82, 2.24) is 9.55 Å². The third-order valence-electron chi connectivity index (χ3n) is 7.15. The molecule has 2 aromatic heterocycles. The van der Waals surface area contributed by atoms with E-state index in [0.29, 0.717) is 41.7 Å². The second kappa shape index (κ2) is 7.93. The third kappa shape index (κ3) is 2.89. The van der Waals surface area contributed by atoms with E-state index < -0.39 is 0 Å². The van der Waals surface area contributed by atoms with E-state index in [1.54, 1.807) is 17.7 Å². The number of halogens is 1. The van der Waals surface area contributed by atoms with E-state index in [1.165, 1.54) is 5.56 Å². The Bertz CT molecular complexity index is 1330. The molecule has 0 saturated heterocycles. The first-order chi connectivity index (χ1) is 15.5. The van der Waals surface area contributed by atoms with Gasteiger partial charge in [-0.15, -0.1) is 0 Å². The van der Waals surface area contributed by atoms with Gasteiger partial charge in [0, 0.05) is 35.6 Å². The van der Waals surface area contributed by atoms with Crippen LogP contribution in [0, 0.1) is 5.82 Å². The van der Waals surface area contributed by atoms with Crippen LogP contribution in [0.2, 0.25) is 0 Å². The van der Waals surface area contributed by atoms with Crippen LogP contribution in [0.1, 0.15) is 66.0 Å². The third-order valence-corrected chi connectivity index (χ3v) is 7.15. The highest BCUT2D eigenvalue weighted by Crippen LogP contribution is 2.42. The lowest BCUT2D eigenvalue weighted by atomic mass is 9.84. The average Bonchev–Trinajstić information content (AvgIpc) is 3.16. The summed E-state index contributed by atoms with van der Waals surface area (Å²) in [5.74, 6) is -0.577. The molecule has 1 atom stereocenters. The molecule has 5 rings (SSSR count). The zero-order chi connectivity index (χ0) is 22.6. The Kier molecular flexibility index (Phi) is 5.20. The van der Waals surface area contributed by atoms with Crippen LogP contribution in [-0.4, -0.2) is 22.9 Å². The van der Waals surface area contributed by atoms with Gasteiger partial charge in [0.2, 0.25) is 0 Å². The standard InChI is InChI=1S/C26H27FN2O3/c1-4-14(12-30)18-9-23-25-19(11-29(23)26(31)20(18)13-32-3)17-8-6-7-16-15(5-2)21(27)10-22(28-25)24(16)17/h9-10,12,14H,4-8,11,13H2,1-3H3. The predicted octanol–water partition coefficient (Wildman–Crippen LogP) is 4.45. The molecule has 2 aliphatic rings. The first-order valence-electron chi connectivity index (χ1n) is 11.4. The van der Waals surface area contributed by atoms with Gasteiger partial charge in [-0.25, -0.2) is 9.37 Å². The number of carbonyl (C=O) groups is 1. The van der Waals surface area contributed by atoms with Crippen molar-refractivity contribution in [2.75, 3.05) is 7.11 Å². The maximum atomic E-state index is 14.9. The number of fused-ring (bicyclic) bond motifs is 4. The Morgan fingerprint density at radius 2 is 1.97 bits per heavy atom. The number of aromatic nitrogens is 2. The van der Waals surface area contributed by atoms with E-state index >= 15 is 0 Å². The first-order valence-corrected chi connectivity index (χ1v) is 11.4. The minimum Gasteiger partial charge on any atom is -0.380 e. The molecule has 1 aliphatic carbocycles. The summed E-state index contributed by atoms with van der Waals surface area (Å²) >= 11 is 0. The molecule has 5 nitrogen and oxygen atoms in total. The fourth-order valence-corrected chi connectivity index (χ4v) is 5.62. The number of hydrogen-bond donors (Lipinski definition) is 0. The number of methoxy groups -OCH3 is 1. The summed E-state index contributed by atoms with van der Waals surface area (Å²) in [5, 5.41) is 1.07. The smallest absolute Gasteiger partial charge is 0.257 e. The molecule has 1 unspecified atom stereocenters. The van der Waals surface area contributed by atoms with Crippen LogP contribution in [0.5, 0.6) is 0 Å². The van der Waals surface area contributed by atoms with Crippen LogP contribution in [0.3, 0.4) is 0 Å². The maximum absolute atomic E-state index is 14.9. The molecule has 0 saturated carbocycles. The van der Waals surface area contributed by atoms with Crippen molar-refractivity contribution in [2.24, 2.45) is 0 Å². The molecule has 0 N–H and O–H groups in total. The second-order valence-corrected chi connectivity index (χ2v) is 8.77. The van der Waals surface area contributed by atoms with E-state index in [9.17, 15) is 14.0 Å². The van der Waals surface area contributed by atoms with E-state index in [4.69, 9.17) is 9.72 Å². The topological polar surface area (TPSA) is 61.2 Å². The maximum Gasteiger partial charge on any atom is 0.257 e. The van der Waals surface area contributed by atoms with Gasteiger partial charge in [-0.2, -0.15) is 0 Å². The minimum absolute atomic E-state index is 0.134. The molecule has 1 aromatic carbocycles. The molecular weight excluding hydrogens is 407 g/mol. The van der Waals surface area contributed by atoms with Crippen molar-refractivity contribution in [1.29, 1.82) is 0 Å². The van der Waals surface area contributed by atoms with E-state index in [0.717, 1.165) is 53.3 Å². The summed E-state index contributed by atoms with van der Waals surface area (Å²) < 4.78 is 21.9. The van der Waals surface area contributed by atoms with E-state index in [1.807, 2.05) is 19.9 Å². The summed E-state index contributed by atoms with van der Waals surface area (Å²) in [6, 6.07) is 3.48. The number of rotatable bonds is 6. The molecule has 0 radical (unpaired) electrons. The predicted molar refractivity (Wildman–Crippen MR) is 122 cm³/mol. The number of aldehydes is 1. The minimum atomic E-state index is -0.377. The zero-order valence-corrected chi connectivity index (χ0v) is 18.8. The highest BCUT2D eigenvalue weighted by molar-refractivity contribution is 5.92. The number of hydrogen-bond acceptors (Lipinski definition) is 4. The first kappa shape index (κ1) is 21.0. The molecule has 0 fully saturated rings. The Hall–Kier alpha value is -2.86. The lowest BCUT2D eigenvalue weighted by Crippen LogP contribution is -2.26. The van der Waals surface area contributed by atoms with E-state index in [2.05, 4.69) is 0 Å². The van der Waals surface area contributed by atoms with Crippen molar-refractivity contribution in [3.63, 3.8) is 0 Å². The van der Waals surface area contributed by atoms with Crippen molar-refractivity contribution in [2.45, 2.75) is 65.0 Å². The molecule has 166 valence electrons. The number of pyridine rings is 2. The van der Waals surface area contributed by atoms with Crippen LogP contribution in [0.4, 0.5) is 4.39 Å². The van der Waals surface area contributed by atoms with Gasteiger partial charge in [-0.1, -0.05) is 13.8 Å². The lowest BCUT2D eigenvalue weighted by molar-refractivity contribution is -0.109. The number of ether oxygens (including phenoxy) is 1. The zero-order valence-electron chi connectivity index (χ0n) is 18.8. The Morgan fingerprint density at radius 3 is 2.66 bits per heavy atom. The van der Waals surface area contributed by atoms with Crippen LogP contribution < -0.4 is 5.56 Å². The van der Waals surface area contributed by atoms with Gasteiger partial charge in [-0.3, -0.25) is 4.79 Å². The van der Waals surface area contributed by atoms with Gasteiger partial charge < -0.3 is 14.1 Å². The second-order valence-electron chi connectivity index (χ2n) is 8.77. The molecular formula is C26H27FN2O3. The van der Waals surface area contributed by atoms with Gasteiger partial charge in [0.25, 0.3) is 5.56 Å². The summed E-state index contributed by atoms with van der Waals surface area (Å²) in [4.78, 5) is 30.1. The lowest BCUT2D eigenvalue weighted by Gasteiger charge is -2.22. The van der Waals surface area contributed by atoms with Gasteiger partial charge in [0.15, 0.2) is 0 Å². The summed E-state index contributed by atoms with van der Waals surface area (Å²) in [6.45, 7) is 4.53. The normalized spacial score (nSPS) is 15.0. The largest absolute Gasteiger partial charge is 0.380 e. The fraction of sp³-hybridized carbons (Fsp3) is 0.423. The number of carbonyl (C=O) groups excluding carboxylic acids is 1. The monoisotopic (exact) mass is 434 g/mol. The molecule has 1 aliphatic heterocycles.